The van der Waals surface area contributed by atoms with Crippen molar-refractivity contribution in [3.63, 3.8) is 0 Å². The quantitative estimate of drug-likeness (QED) is 0.456. The van der Waals surface area contributed by atoms with Crippen molar-refractivity contribution in [2.45, 2.75) is 57.4 Å². The molecular formula is C30H36FN3O2. The molecule has 6 heteroatoms. The lowest BCUT2D eigenvalue weighted by atomic mass is 9.75. The number of rotatable bonds is 6. The molecule has 0 spiro atoms. The largest absolute Gasteiger partial charge is 0.497 e. The van der Waals surface area contributed by atoms with E-state index in [9.17, 15) is 9.18 Å². The zero-order valence-electron chi connectivity index (χ0n) is 21.3. The molecule has 2 fully saturated rings. The molecule has 5 rings (SSSR count). The van der Waals surface area contributed by atoms with Crippen LogP contribution in [0.25, 0.3) is 10.9 Å². The average molecular weight is 490 g/mol. The zero-order chi connectivity index (χ0) is 25.1. The molecule has 190 valence electrons. The lowest BCUT2D eigenvalue weighted by molar-refractivity contribution is -0.126. The summed E-state index contributed by atoms with van der Waals surface area (Å²) in [6.45, 7) is 3.95. The van der Waals surface area contributed by atoms with Gasteiger partial charge in [0.2, 0.25) is 5.91 Å². The lowest BCUT2D eigenvalue weighted by Crippen LogP contribution is -2.45. The number of pyridine rings is 1. The van der Waals surface area contributed by atoms with Crippen LogP contribution in [-0.4, -0.2) is 37.1 Å². The molecule has 0 bridgehead atoms. The molecule has 0 unspecified atom stereocenters. The summed E-state index contributed by atoms with van der Waals surface area (Å²) >= 11 is 0. The Bertz CT molecular complexity index is 1180. The molecule has 1 saturated heterocycles. The fourth-order valence-corrected chi connectivity index (χ4v) is 6.08. The molecule has 0 radical (unpaired) electrons. The van der Waals surface area contributed by atoms with Gasteiger partial charge >= 0.3 is 0 Å². The molecule has 3 aromatic rings. The third kappa shape index (κ3) is 5.32. The number of benzene rings is 2. The summed E-state index contributed by atoms with van der Waals surface area (Å²) in [6.07, 6.45) is 7.85. The third-order valence-corrected chi connectivity index (χ3v) is 8.33. The number of anilines is 1. The number of hydrogen-bond donors (Lipinski definition) is 1. The second-order valence-corrected chi connectivity index (χ2v) is 10.4. The van der Waals surface area contributed by atoms with Crippen LogP contribution in [0.3, 0.4) is 0 Å². The molecule has 1 atom stereocenters. The van der Waals surface area contributed by atoms with E-state index < -0.39 is 0 Å². The highest BCUT2D eigenvalue weighted by Gasteiger charge is 2.30. The third-order valence-electron chi connectivity index (χ3n) is 8.33. The van der Waals surface area contributed by atoms with Gasteiger partial charge in [-0.05, 0) is 111 Å². The normalized spacial score (nSPS) is 21.8. The van der Waals surface area contributed by atoms with E-state index in [0.717, 1.165) is 68.3 Å². The van der Waals surface area contributed by atoms with Crippen molar-refractivity contribution in [3.05, 3.63) is 66.1 Å². The number of nitrogens with one attached hydrogen (secondary N) is 1. The maximum absolute atomic E-state index is 13.9. The van der Waals surface area contributed by atoms with Gasteiger partial charge in [0.15, 0.2) is 0 Å². The van der Waals surface area contributed by atoms with Gasteiger partial charge in [0.1, 0.15) is 11.6 Å². The predicted molar refractivity (Wildman–Crippen MR) is 142 cm³/mol. The van der Waals surface area contributed by atoms with Crippen LogP contribution in [0.4, 0.5) is 10.1 Å². The van der Waals surface area contributed by atoms with E-state index in [0.29, 0.717) is 11.8 Å². The number of amides is 1. The fraction of sp³-hybridized carbons (Fsp3) is 0.467. The van der Waals surface area contributed by atoms with Crippen LogP contribution in [0.2, 0.25) is 0 Å². The maximum Gasteiger partial charge on any atom is 0.223 e. The fourth-order valence-electron chi connectivity index (χ4n) is 6.08. The number of halogens is 1. The summed E-state index contributed by atoms with van der Waals surface area (Å²) in [4.78, 5) is 19.8. The number of piperidine rings is 1. The first-order chi connectivity index (χ1) is 17.5. The first-order valence-corrected chi connectivity index (χ1v) is 13.3. The molecule has 1 aromatic heterocycles. The topological polar surface area (TPSA) is 54.5 Å². The minimum atomic E-state index is -0.211. The first-order valence-electron chi connectivity index (χ1n) is 13.3. The summed E-state index contributed by atoms with van der Waals surface area (Å²) in [7, 11) is 1.68. The Morgan fingerprint density at radius 2 is 1.75 bits per heavy atom. The molecule has 2 aromatic carbocycles. The summed E-state index contributed by atoms with van der Waals surface area (Å²) in [5.41, 5.74) is 3.25. The Morgan fingerprint density at radius 3 is 2.44 bits per heavy atom. The number of ether oxygens (including phenoxy) is 1. The van der Waals surface area contributed by atoms with Crippen molar-refractivity contribution >= 4 is 22.5 Å². The van der Waals surface area contributed by atoms with E-state index in [4.69, 9.17) is 4.74 Å². The SMILES string of the molecule is COc1ccc(N2CCC(C(=O)N[C@H](C)C3CCC(c4ccnc5ccc(F)cc45)CC3)CC2)cc1. The second kappa shape index (κ2) is 10.9. The van der Waals surface area contributed by atoms with Gasteiger partial charge in [-0.25, -0.2) is 4.39 Å². The molecule has 1 saturated carbocycles. The van der Waals surface area contributed by atoms with E-state index in [1.807, 2.05) is 18.3 Å². The number of carbonyl (C=O) groups is 1. The van der Waals surface area contributed by atoms with E-state index in [-0.39, 0.29) is 23.7 Å². The van der Waals surface area contributed by atoms with Crippen LogP contribution < -0.4 is 15.0 Å². The van der Waals surface area contributed by atoms with Gasteiger partial charge < -0.3 is 15.0 Å². The molecule has 36 heavy (non-hydrogen) atoms. The number of carbonyl (C=O) groups excluding carboxylic acids is 1. The smallest absolute Gasteiger partial charge is 0.223 e. The Hall–Kier alpha value is -3.15. The molecular weight excluding hydrogens is 453 g/mol. The highest BCUT2D eigenvalue weighted by Crippen LogP contribution is 2.39. The van der Waals surface area contributed by atoms with Gasteiger partial charge in [-0.2, -0.15) is 0 Å². The van der Waals surface area contributed by atoms with E-state index in [1.165, 1.54) is 17.3 Å². The Morgan fingerprint density at radius 1 is 1.03 bits per heavy atom. The number of nitrogens with zero attached hydrogens (tertiary/aromatic N) is 2. The van der Waals surface area contributed by atoms with Crippen molar-refractivity contribution in [1.29, 1.82) is 0 Å². The highest BCUT2D eigenvalue weighted by atomic mass is 19.1. The number of hydrogen-bond acceptors (Lipinski definition) is 4. The Labute approximate surface area is 213 Å². The van der Waals surface area contributed by atoms with E-state index in [1.54, 1.807) is 19.2 Å². The molecule has 2 aliphatic rings. The Kier molecular flexibility index (Phi) is 7.40. The van der Waals surface area contributed by atoms with Crippen molar-refractivity contribution in [2.75, 3.05) is 25.1 Å². The first kappa shape index (κ1) is 24.5. The van der Waals surface area contributed by atoms with Gasteiger partial charge in [-0.1, -0.05) is 0 Å². The summed E-state index contributed by atoms with van der Waals surface area (Å²) in [5, 5.41) is 4.28. The van der Waals surface area contributed by atoms with Gasteiger partial charge in [-0.15, -0.1) is 0 Å². The van der Waals surface area contributed by atoms with Gasteiger partial charge in [-0.3, -0.25) is 9.78 Å². The van der Waals surface area contributed by atoms with Gasteiger partial charge in [0, 0.05) is 42.3 Å². The van der Waals surface area contributed by atoms with Crippen LogP contribution in [0, 0.1) is 17.7 Å². The number of fused-ring (bicyclic) bond motifs is 1. The van der Waals surface area contributed by atoms with Gasteiger partial charge in [0.05, 0.1) is 12.6 Å². The van der Waals surface area contributed by atoms with Gasteiger partial charge in [0.25, 0.3) is 0 Å². The molecule has 1 aliphatic carbocycles. The van der Waals surface area contributed by atoms with Crippen molar-refractivity contribution < 1.29 is 13.9 Å². The highest BCUT2D eigenvalue weighted by molar-refractivity contribution is 5.82. The average Bonchev–Trinajstić information content (AvgIpc) is 2.93. The maximum atomic E-state index is 13.9. The Balaban J connectivity index is 1.11. The van der Waals surface area contributed by atoms with Crippen LogP contribution in [0.1, 0.15) is 56.9 Å². The summed E-state index contributed by atoms with van der Waals surface area (Å²) in [6, 6.07) is 15.2. The van der Waals surface area contributed by atoms with E-state index >= 15 is 0 Å². The molecule has 2 heterocycles. The molecule has 1 amide bonds. The lowest BCUT2D eigenvalue weighted by Gasteiger charge is -2.36. The molecule has 5 nitrogen and oxygen atoms in total. The summed E-state index contributed by atoms with van der Waals surface area (Å²) in [5.74, 6) is 1.83. The molecule has 1 N–H and O–H groups in total. The monoisotopic (exact) mass is 489 g/mol. The number of methoxy groups -OCH3 is 1. The van der Waals surface area contributed by atoms with Crippen LogP contribution in [-0.2, 0) is 4.79 Å². The minimum absolute atomic E-state index is 0.0800. The van der Waals surface area contributed by atoms with Crippen molar-refractivity contribution in [1.82, 2.24) is 10.3 Å². The summed E-state index contributed by atoms with van der Waals surface area (Å²) < 4.78 is 19.1. The van der Waals surface area contributed by atoms with Crippen molar-refractivity contribution in [3.8, 4) is 5.75 Å². The standard InChI is InChI=1S/C30H36FN3O2/c1-20(33-30(35)23-14-17-34(18-15-23)25-8-10-26(36-2)11-9-25)21-3-5-22(6-4-21)27-13-16-32-29-12-7-24(31)19-28(27)29/h7-13,16,19-23H,3-6,14-15,17-18H2,1-2H3,(H,33,35)/t20-,21?,22?/m1/s1. The van der Waals surface area contributed by atoms with Crippen LogP contribution >= 0.6 is 0 Å². The van der Waals surface area contributed by atoms with Crippen molar-refractivity contribution in [2.24, 2.45) is 11.8 Å². The second-order valence-electron chi connectivity index (χ2n) is 10.4. The van der Waals surface area contributed by atoms with Crippen LogP contribution in [0.5, 0.6) is 5.75 Å². The van der Waals surface area contributed by atoms with E-state index in [2.05, 4.69) is 40.3 Å². The van der Waals surface area contributed by atoms with Crippen LogP contribution in [0.15, 0.2) is 54.7 Å². The zero-order valence-corrected chi connectivity index (χ0v) is 21.3. The number of aromatic nitrogens is 1. The molecule has 1 aliphatic heterocycles. The predicted octanol–water partition coefficient (Wildman–Crippen LogP) is 6.08. The minimum Gasteiger partial charge on any atom is -0.497 e.